The highest BCUT2D eigenvalue weighted by Crippen LogP contribution is 2.28. The van der Waals surface area contributed by atoms with Gasteiger partial charge in [0.1, 0.15) is 5.84 Å². The number of aliphatic hydroxyl groups excluding tert-OH is 1. The molecule has 0 aromatic rings. The van der Waals surface area contributed by atoms with Crippen molar-refractivity contribution < 1.29 is 10.2 Å². The van der Waals surface area contributed by atoms with Gasteiger partial charge in [-0.3, -0.25) is 5.41 Å². The van der Waals surface area contributed by atoms with Gasteiger partial charge in [-0.15, -0.1) is 0 Å². The molecule has 9 heavy (non-hydrogen) atoms. The van der Waals surface area contributed by atoms with Crippen LogP contribution < -0.4 is 5.32 Å². The van der Waals surface area contributed by atoms with Gasteiger partial charge in [0, 0.05) is 5.92 Å². The Bertz CT molecular complexity index is 120. The van der Waals surface area contributed by atoms with E-state index in [2.05, 4.69) is 5.32 Å². The van der Waals surface area contributed by atoms with Crippen LogP contribution in [0.3, 0.4) is 0 Å². The molecule has 0 heterocycles. The van der Waals surface area contributed by atoms with Gasteiger partial charge in [-0.1, -0.05) is 0 Å². The molecule has 0 saturated heterocycles. The molecule has 1 aliphatic rings. The minimum absolute atomic E-state index is 0.241. The van der Waals surface area contributed by atoms with Crippen LogP contribution in [-0.4, -0.2) is 22.5 Å². The molecular formula is C5H10N2O2. The maximum atomic E-state index is 8.30. The van der Waals surface area contributed by atoms with Crippen LogP contribution in [0.4, 0.5) is 0 Å². The number of aliphatic hydroxyl groups is 2. The molecule has 0 aliphatic heterocycles. The van der Waals surface area contributed by atoms with Crippen LogP contribution in [0, 0.1) is 11.3 Å². The van der Waals surface area contributed by atoms with E-state index in [4.69, 9.17) is 15.6 Å². The topological polar surface area (TPSA) is 76.3 Å². The van der Waals surface area contributed by atoms with Crippen LogP contribution in [0.15, 0.2) is 0 Å². The van der Waals surface area contributed by atoms with Gasteiger partial charge < -0.3 is 15.5 Å². The molecule has 0 amide bonds. The van der Waals surface area contributed by atoms with Crippen LogP contribution in [0.2, 0.25) is 0 Å². The fourth-order valence-electron chi connectivity index (χ4n) is 0.629. The van der Waals surface area contributed by atoms with Crippen molar-refractivity contribution in [1.29, 1.82) is 5.41 Å². The fraction of sp³-hybridized carbons (Fsp3) is 0.800. The van der Waals surface area contributed by atoms with Crippen molar-refractivity contribution >= 4 is 5.84 Å². The monoisotopic (exact) mass is 130 g/mol. The van der Waals surface area contributed by atoms with E-state index >= 15 is 0 Å². The van der Waals surface area contributed by atoms with Gasteiger partial charge in [-0.05, 0) is 12.8 Å². The highest BCUT2D eigenvalue weighted by molar-refractivity contribution is 5.83. The first-order chi connectivity index (χ1) is 4.20. The SMILES string of the molecule is N=C(NC(O)O)C1CC1. The normalized spacial score (nSPS) is 18.1. The number of rotatable bonds is 2. The van der Waals surface area contributed by atoms with Gasteiger partial charge in [0.15, 0.2) is 0 Å². The Morgan fingerprint density at radius 2 is 2.11 bits per heavy atom. The van der Waals surface area contributed by atoms with Crippen LogP contribution >= 0.6 is 0 Å². The maximum Gasteiger partial charge on any atom is 0.233 e. The molecule has 1 fully saturated rings. The van der Waals surface area contributed by atoms with Gasteiger partial charge in [0.05, 0.1) is 0 Å². The van der Waals surface area contributed by atoms with Crippen molar-refractivity contribution in [3.63, 3.8) is 0 Å². The summed E-state index contributed by atoms with van der Waals surface area (Å²) >= 11 is 0. The molecule has 0 aromatic carbocycles. The number of hydrogen-bond acceptors (Lipinski definition) is 3. The van der Waals surface area contributed by atoms with E-state index in [0.717, 1.165) is 12.8 Å². The van der Waals surface area contributed by atoms with Gasteiger partial charge in [-0.25, -0.2) is 0 Å². The van der Waals surface area contributed by atoms with E-state index in [1.165, 1.54) is 0 Å². The Balaban J connectivity index is 2.18. The molecule has 0 radical (unpaired) electrons. The first kappa shape index (κ1) is 6.51. The van der Waals surface area contributed by atoms with Crippen molar-refractivity contribution in [1.82, 2.24) is 5.32 Å². The molecule has 1 rings (SSSR count). The summed E-state index contributed by atoms with van der Waals surface area (Å²) in [5, 5.41) is 25.9. The summed E-state index contributed by atoms with van der Waals surface area (Å²) in [5.74, 6) is 0.497. The van der Waals surface area contributed by atoms with Crippen LogP contribution in [-0.2, 0) is 0 Å². The summed E-state index contributed by atoms with van der Waals surface area (Å²) in [7, 11) is 0. The van der Waals surface area contributed by atoms with E-state index in [-0.39, 0.29) is 11.8 Å². The second kappa shape index (κ2) is 2.33. The fourth-order valence-corrected chi connectivity index (χ4v) is 0.629. The lowest BCUT2D eigenvalue weighted by molar-refractivity contribution is -0.0515. The van der Waals surface area contributed by atoms with E-state index in [1.54, 1.807) is 0 Å². The number of hydrogen-bond donors (Lipinski definition) is 4. The van der Waals surface area contributed by atoms with Crippen LogP contribution in [0.25, 0.3) is 0 Å². The lowest BCUT2D eigenvalue weighted by Crippen LogP contribution is -2.34. The summed E-state index contributed by atoms with van der Waals surface area (Å²) in [4.78, 5) is 0. The van der Waals surface area contributed by atoms with Gasteiger partial charge in [0.25, 0.3) is 0 Å². The Kier molecular flexibility index (Phi) is 1.68. The third-order valence-electron chi connectivity index (χ3n) is 1.27. The van der Waals surface area contributed by atoms with Crippen molar-refractivity contribution in [3.05, 3.63) is 0 Å². The molecule has 0 unspecified atom stereocenters. The van der Waals surface area contributed by atoms with Crippen LogP contribution in [0.5, 0.6) is 0 Å². The van der Waals surface area contributed by atoms with E-state index in [1.807, 2.05) is 0 Å². The average molecular weight is 130 g/mol. The molecule has 52 valence electrons. The predicted molar refractivity (Wildman–Crippen MR) is 31.8 cm³/mol. The lowest BCUT2D eigenvalue weighted by atomic mass is 10.4. The molecule has 0 bridgehead atoms. The summed E-state index contributed by atoms with van der Waals surface area (Å²) < 4.78 is 0. The molecule has 1 aliphatic carbocycles. The maximum absolute atomic E-state index is 8.30. The largest absolute Gasteiger partial charge is 0.351 e. The van der Waals surface area contributed by atoms with Crippen molar-refractivity contribution in [2.75, 3.05) is 0 Å². The Hall–Kier alpha value is -0.610. The lowest BCUT2D eigenvalue weighted by Gasteiger charge is -2.06. The molecule has 0 spiro atoms. The minimum Gasteiger partial charge on any atom is -0.351 e. The Morgan fingerprint density at radius 3 is 2.44 bits per heavy atom. The predicted octanol–water partition coefficient (Wildman–Crippen LogP) is -0.769. The average Bonchev–Trinajstić information content (AvgIpc) is 2.40. The first-order valence-electron chi connectivity index (χ1n) is 2.91. The van der Waals surface area contributed by atoms with E-state index in [9.17, 15) is 0 Å². The summed E-state index contributed by atoms with van der Waals surface area (Å²) in [6.45, 7) is 0. The zero-order valence-corrected chi connectivity index (χ0v) is 4.96. The second-order valence-corrected chi connectivity index (χ2v) is 2.21. The van der Waals surface area contributed by atoms with Gasteiger partial charge in [-0.2, -0.15) is 0 Å². The van der Waals surface area contributed by atoms with E-state index in [0.29, 0.717) is 0 Å². The first-order valence-corrected chi connectivity index (χ1v) is 2.91. The smallest absolute Gasteiger partial charge is 0.233 e. The standard InChI is InChI=1S/C5H10N2O2/c6-4(3-1-2-3)7-5(8)9/h3,5,8-9H,1-2H2,(H2,6,7). The molecular weight excluding hydrogens is 120 g/mol. The van der Waals surface area contributed by atoms with Crippen molar-refractivity contribution in [2.45, 2.75) is 19.3 Å². The Morgan fingerprint density at radius 1 is 1.56 bits per heavy atom. The summed E-state index contributed by atoms with van der Waals surface area (Å²) in [6.07, 6.45) is 0.426. The molecule has 0 atom stereocenters. The highest BCUT2D eigenvalue weighted by atomic mass is 16.5. The third-order valence-corrected chi connectivity index (χ3v) is 1.27. The van der Waals surface area contributed by atoms with E-state index < -0.39 is 6.41 Å². The third kappa shape index (κ3) is 1.99. The van der Waals surface area contributed by atoms with Crippen molar-refractivity contribution in [2.24, 2.45) is 5.92 Å². The van der Waals surface area contributed by atoms with Gasteiger partial charge >= 0.3 is 0 Å². The summed E-state index contributed by atoms with van der Waals surface area (Å²) in [6, 6.07) is 0. The molecule has 0 aromatic heterocycles. The number of amidine groups is 1. The zero-order chi connectivity index (χ0) is 6.85. The van der Waals surface area contributed by atoms with Crippen molar-refractivity contribution in [3.8, 4) is 0 Å². The molecule has 4 heteroatoms. The zero-order valence-electron chi connectivity index (χ0n) is 4.96. The molecule has 4 N–H and O–H groups in total. The molecule has 4 nitrogen and oxygen atoms in total. The second-order valence-electron chi connectivity index (χ2n) is 2.21. The van der Waals surface area contributed by atoms with Crippen LogP contribution in [0.1, 0.15) is 12.8 Å². The number of nitrogens with one attached hydrogen (secondary N) is 2. The summed E-state index contributed by atoms with van der Waals surface area (Å²) in [5.41, 5.74) is 0. The quantitative estimate of drug-likeness (QED) is 0.225. The molecule has 1 saturated carbocycles. The van der Waals surface area contributed by atoms with Gasteiger partial charge in [0.2, 0.25) is 6.41 Å². The minimum atomic E-state index is -1.57. The Labute approximate surface area is 53.0 Å². The highest BCUT2D eigenvalue weighted by Gasteiger charge is 2.26.